The summed E-state index contributed by atoms with van der Waals surface area (Å²) >= 11 is 1.90. The molecule has 0 amide bonds. The predicted molar refractivity (Wildman–Crippen MR) is 44.7 cm³/mol. The fourth-order valence-corrected chi connectivity index (χ4v) is 5.52. The van der Waals surface area contributed by atoms with Crippen molar-refractivity contribution < 1.29 is 4.57 Å². The average molecular weight is 266 g/mol. The molecule has 0 aliphatic rings. The van der Waals surface area contributed by atoms with Gasteiger partial charge in [0.2, 0.25) is 0 Å². The molecule has 0 unspecified atom stereocenters. The molecule has 0 aliphatic carbocycles. The van der Waals surface area contributed by atoms with E-state index in [1.807, 2.05) is 11.3 Å². The number of nitrogens with zero attached hydrogens (tertiary/aromatic N) is 1. The van der Waals surface area contributed by atoms with Gasteiger partial charge in [-0.25, -0.2) is 0 Å². The zero-order valence-corrected chi connectivity index (χ0v) is 9.07. The van der Waals surface area contributed by atoms with Crippen molar-refractivity contribution >= 4 is 40.0 Å². The number of aryl methyl sites for hydroxylation is 2. The van der Waals surface area contributed by atoms with E-state index in [0.717, 1.165) is 0 Å². The van der Waals surface area contributed by atoms with E-state index in [-0.39, 0.29) is 20.4 Å². The predicted octanol–water partition coefficient (Wildman–Crippen LogP) is 1.09. The monoisotopic (exact) mass is 268 g/mol. The Morgan fingerprint density at radius 1 is 1.60 bits per heavy atom. The van der Waals surface area contributed by atoms with Crippen LogP contribution in [-0.4, -0.2) is 20.4 Å². The van der Waals surface area contributed by atoms with Crippen molar-refractivity contribution in [2.45, 2.75) is 6.92 Å². The van der Waals surface area contributed by atoms with Gasteiger partial charge in [-0.15, -0.1) is 0 Å². The Kier molecular flexibility index (Phi) is 1.60. The molecule has 1 nitrogen and oxygen atoms in total. The minimum atomic E-state index is 0.0395. The molecular weight excluding hydrogens is 258 g/mol. The third-order valence-corrected chi connectivity index (χ3v) is 6.23. The summed E-state index contributed by atoms with van der Waals surface area (Å²) in [6.45, 7) is 2.24. The SMILES string of the molecule is Cc1[te]c2ccsc2[n+]1C. The zero-order chi connectivity index (χ0) is 7.14. The maximum absolute atomic E-state index is 2.34. The topological polar surface area (TPSA) is 3.88 Å². The van der Waals surface area contributed by atoms with Crippen LogP contribution in [0.5, 0.6) is 0 Å². The Balaban J connectivity index is 2.95. The van der Waals surface area contributed by atoms with Gasteiger partial charge in [0.05, 0.1) is 0 Å². The zero-order valence-electron chi connectivity index (χ0n) is 5.92. The quantitative estimate of drug-likeness (QED) is 0.496. The van der Waals surface area contributed by atoms with Crippen molar-refractivity contribution in [1.29, 1.82) is 0 Å². The summed E-state index contributed by atoms with van der Waals surface area (Å²) in [6.07, 6.45) is 0. The summed E-state index contributed by atoms with van der Waals surface area (Å²) < 4.78 is 5.55. The molecule has 2 rings (SSSR count). The molecule has 52 valence electrons. The molecule has 2 aromatic rings. The van der Waals surface area contributed by atoms with Gasteiger partial charge in [-0.3, -0.25) is 0 Å². The van der Waals surface area contributed by atoms with Crippen LogP contribution in [0.15, 0.2) is 11.4 Å². The minimum absolute atomic E-state index is 0.0395. The molecule has 0 bridgehead atoms. The summed E-state index contributed by atoms with van der Waals surface area (Å²) in [6, 6.07) is 2.27. The van der Waals surface area contributed by atoms with Gasteiger partial charge in [0.1, 0.15) is 0 Å². The number of aromatic nitrogens is 1. The Morgan fingerprint density at radius 2 is 2.40 bits per heavy atom. The summed E-state index contributed by atoms with van der Waals surface area (Å²) in [5.74, 6) is 0. The first kappa shape index (κ1) is 6.84. The van der Waals surface area contributed by atoms with E-state index in [1.54, 1.807) is 7.11 Å². The standard InChI is InChI=1S/C7H8NSTe/c1-5-8(2)7-6(10-5)3-4-9-7/h3-4H,1-2H3/q+1. The van der Waals surface area contributed by atoms with Gasteiger partial charge in [0.25, 0.3) is 0 Å². The van der Waals surface area contributed by atoms with Crippen LogP contribution in [0.25, 0.3) is 8.23 Å². The van der Waals surface area contributed by atoms with E-state index >= 15 is 0 Å². The molecular formula is C7H8NSTe+. The third kappa shape index (κ3) is 0.852. The van der Waals surface area contributed by atoms with Gasteiger partial charge >= 0.3 is 73.7 Å². The molecule has 0 saturated heterocycles. The van der Waals surface area contributed by atoms with Crippen LogP contribution in [0.3, 0.4) is 0 Å². The van der Waals surface area contributed by atoms with Crippen LogP contribution in [-0.2, 0) is 7.05 Å². The second-order valence-electron chi connectivity index (χ2n) is 2.27. The number of hydrogen-bond donors (Lipinski definition) is 0. The number of thiophene rings is 1. The van der Waals surface area contributed by atoms with Crippen LogP contribution >= 0.6 is 11.3 Å². The molecule has 0 N–H and O–H groups in total. The Hall–Kier alpha value is 0.160. The van der Waals surface area contributed by atoms with Gasteiger partial charge in [-0.1, -0.05) is 0 Å². The molecule has 0 aliphatic heterocycles. The van der Waals surface area contributed by atoms with Gasteiger partial charge in [0.15, 0.2) is 0 Å². The Morgan fingerprint density at radius 3 is 3.10 bits per heavy atom. The van der Waals surface area contributed by atoms with Gasteiger partial charge in [-0.2, -0.15) is 0 Å². The molecule has 2 aromatic heterocycles. The summed E-state index contributed by atoms with van der Waals surface area (Å²) in [4.78, 5) is 1.49. The number of rotatable bonds is 0. The van der Waals surface area contributed by atoms with Gasteiger partial charge in [-0.05, 0) is 0 Å². The summed E-state index contributed by atoms with van der Waals surface area (Å²) in [5.41, 5.74) is 0. The molecule has 0 saturated carbocycles. The van der Waals surface area contributed by atoms with E-state index < -0.39 is 0 Å². The first-order valence-electron chi connectivity index (χ1n) is 3.11. The van der Waals surface area contributed by atoms with Crippen LogP contribution < -0.4 is 4.57 Å². The Bertz CT molecular complexity index is 360. The van der Waals surface area contributed by atoms with E-state index in [2.05, 4.69) is 30.0 Å². The number of hydrogen-bond acceptors (Lipinski definition) is 1. The third-order valence-electron chi connectivity index (χ3n) is 1.64. The first-order chi connectivity index (χ1) is 4.79. The second-order valence-corrected chi connectivity index (χ2v) is 6.69. The molecule has 0 radical (unpaired) electrons. The molecule has 0 spiro atoms. The fraction of sp³-hybridized carbons (Fsp3) is 0.286. The van der Waals surface area contributed by atoms with Gasteiger partial charge in [0, 0.05) is 0 Å². The van der Waals surface area contributed by atoms with Crippen LogP contribution in [0.4, 0.5) is 0 Å². The van der Waals surface area contributed by atoms with Crippen LogP contribution in [0.1, 0.15) is 3.71 Å². The fourth-order valence-electron chi connectivity index (χ4n) is 0.982. The Labute approximate surface area is 73.5 Å². The van der Waals surface area contributed by atoms with Gasteiger partial charge < -0.3 is 0 Å². The van der Waals surface area contributed by atoms with Crippen molar-refractivity contribution in [3.63, 3.8) is 0 Å². The molecule has 3 heteroatoms. The van der Waals surface area contributed by atoms with Crippen molar-refractivity contribution in [3.8, 4) is 0 Å². The summed E-state index contributed by atoms with van der Waals surface area (Å²) in [5, 5.41) is 2.19. The average Bonchev–Trinajstić information content (AvgIpc) is 2.41. The van der Waals surface area contributed by atoms with Crippen LogP contribution in [0.2, 0.25) is 0 Å². The molecule has 0 aromatic carbocycles. The van der Waals surface area contributed by atoms with Crippen molar-refractivity contribution in [2.24, 2.45) is 7.05 Å². The molecule has 10 heavy (non-hydrogen) atoms. The molecule has 0 atom stereocenters. The molecule has 2 heterocycles. The second kappa shape index (κ2) is 2.34. The first-order valence-corrected chi connectivity index (χ1v) is 6.32. The number of fused-ring (bicyclic) bond motifs is 1. The summed E-state index contributed by atoms with van der Waals surface area (Å²) in [7, 11) is 2.17. The van der Waals surface area contributed by atoms with E-state index in [0.29, 0.717) is 0 Å². The van der Waals surface area contributed by atoms with Crippen molar-refractivity contribution in [3.05, 3.63) is 15.2 Å². The van der Waals surface area contributed by atoms with Crippen molar-refractivity contribution in [2.75, 3.05) is 0 Å². The van der Waals surface area contributed by atoms with E-state index in [1.165, 1.54) is 4.83 Å². The van der Waals surface area contributed by atoms with E-state index in [4.69, 9.17) is 0 Å². The molecule has 0 fully saturated rings. The van der Waals surface area contributed by atoms with E-state index in [9.17, 15) is 0 Å². The van der Waals surface area contributed by atoms with Crippen molar-refractivity contribution in [1.82, 2.24) is 0 Å². The maximum atomic E-state index is 2.34. The van der Waals surface area contributed by atoms with Crippen LogP contribution in [0, 0.1) is 6.92 Å². The normalized spacial score (nSPS) is 11.0.